The van der Waals surface area contributed by atoms with Crippen LogP contribution < -0.4 is 5.32 Å². The Bertz CT molecular complexity index is 453. The number of anilines is 1. The summed E-state index contributed by atoms with van der Waals surface area (Å²) in [7, 11) is 0. The zero-order valence-electron chi connectivity index (χ0n) is 10.0. The fraction of sp³-hybridized carbons (Fsp3) is 0.636. The molecule has 98 valence electrons. The number of carbonyl (C=O) groups is 2. The first-order valence-corrected chi connectivity index (χ1v) is 5.89. The quantitative estimate of drug-likeness (QED) is 0.793. The van der Waals surface area contributed by atoms with Gasteiger partial charge in [0.15, 0.2) is 0 Å². The molecule has 1 aromatic heterocycles. The molecule has 1 aliphatic rings. The number of amides is 1. The lowest BCUT2D eigenvalue weighted by Crippen LogP contribution is -2.17. The maximum Gasteiger partial charge on any atom is 0.322 e. The van der Waals surface area contributed by atoms with Gasteiger partial charge in [-0.15, -0.1) is 5.10 Å². The van der Waals surface area contributed by atoms with Crippen LogP contribution >= 0.6 is 0 Å². The van der Waals surface area contributed by atoms with Crippen molar-refractivity contribution >= 4 is 17.9 Å². The average Bonchev–Trinajstić information content (AvgIpc) is 2.99. The second-order valence-corrected chi connectivity index (χ2v) is 4.68. The summed E-state index contributed by atoms with van der Waals surface area (Å²) < 4.78 is 5.27. The van der Waals surface area contributed by atoms with E-state index < -0.39 is 5.97 Å². The fourth-order valence-electron chi connectivity index (χ4n) is 1.64. The molecule has 0 aromatic carbocycles. The number of carboxylic acid groups (broad SMARTS) is 1. The number of carboxylic acids is 1. The molecule has 0 saturated heterocycles. The molecule has 0 bridgehead atoms. The molecule has 1 amide bonds. The minimum Gasteiger partial charge on any atom is -0.481 e. The maximum atomic E-state index is 11.6. The Morgan fingerprint density at radius 1 is 1.44 bits per heavy atom. The minimum atomic E-state index is -0.913. The van der Waals surface area contributed by atoms with Crippen molar-refractivity contribution in [1.82, 2.24) is 10.2 Å². The summed E-state index contributed by atoms with van der Waals surface area (Å²) in [5.41, 5.74) is 0. The van der Waals surface area contributed by atoms with E-state index in [1.807, 2.05) is 0 Å². The monoisotopic (exact) mass is 253 g/mol. The van der Waals surface area contributed by atoms with Gasteiger partial charge in [0.25, 0.3) is 0 Å². The van der Waals surface area contributed by atoms with E-state index >= 15 is 0 Å². The number of rotatable bonds is 6. The lowest BCUT2D eigenvalue weighted by Gasteiger charge is -2.06. The number of aliphatic carboxylic acids is 1. The lowest BCUT2D eigenvalue weighted by atomic mass is 10.0. The molecule has 2 N–H and O–H groups in total. The normalized spacial score (nSPS) is 16.3. The molecule has 0 radical (unpaired) electrons. The Hall–Kier alpha value is -1.92. The van der Waals surface area contributed by atoms with Gasteiger partial charge in [0, 0.05) is 18.8 Å². The van der Waals surface area contributed by atoms with Crippen molar-refractivity contribution < 1.29 is 19.1 Å². The van der Waals surface area contributed by atoms with Crippen molar-refractivity contribution in [2.45, 2.75) is 38.5 Å². The molecule has 1 fully saturated rings. The van der Waals surface area contributed by atoms with E-state index in [9.17, 15) is 9.59 Å². The van der Waals surface area contributed by atoms with Crippen LogP contribution in [0.15, 0.2) is 4.42 Å². The zero-order valence-corrected chi connectivity index (χ0v) is 10.0. The predicted molar refractivity (Wildman–Crippen MR) is 60.9 cm³/mol. The summed E-state index contributed by atoms with van der Waals surface area (Å²) in [6.07, 6.45) is 2.18. The van der Waals surface area contributed by atoms with Crippen LogP contribution in [-0.2, 0) is 9.59 Å². The van der Waals surface area contributed by atoms with Gasteiger partial charge in [-0.1, -0.05) is 12.0 Å². The van der Waals surface area contributed by atoms with Crippen molar-refractivity contribution in [2.24, 2.45) is 5.92 Å². The van der Waals surface area contributed by atoms with E-state index in [1.165, 1.54) is 0 Å². The Labute approximate surface area is 104 Å². The highest BCUT2D eigenvalue weighted by atomic mass is 16.4. The van der Waals surface area contributed by atoms with E-state index in [0.29, 0.717) is 11.8 Å². The first-order chi connectivity index (χ1) is 8.54. The van der Waals surface area contributed by atoms with E-state index in [2.05, 4.69) is 15.5 Å². The summed E-state index contributed by atoms with van der Waals surface area (Å²) in [5, 5.41) is 18.6. The average molecular weight is 253 g/mol. The third-order valence-corrected chi connectivity index (χ3v) is 2.67. The van der Waals surface area contributed by atoms with Crippen molar-refractivity contribution in [1.29, 1.82) is 0 Å². The van der Waals surface area contributed by atoms with Crippen LogP contribution in [0.5, 0.6) is 0 Å². The first kappa shape index (κ1) is 12.5. The van der Waals surface area contributed by atoms with Crippen LogP contribution in [0.2, 0.25) is 0 Å². The molecule has 2 rings (SSSR count). The van der Waals surface area contributed by atoms with Gasteiger partial charge in [-0.25, -0.2) is 0 Å². The molecule has 1 unspecified atom stereocenters. The van der Waals surface area contributed by atoms with Crippen LogP contribution in [0.25, 0.3) is 0 Å². The summed E-state index contributed by atoms with van der Waals surface area (Å²) in [4.78, 5) is 22.0. The third kappa shape index (κ3) is 3.54. The van der Waals surface area contributed by atoms with Gasteiger partial charge in [0.1, 0.15) is 0 Å². The number of hydrogen-bond donors (Lipinski definition) is 2. The highest BCUT2D eigenvalue weighted by Gasteiger charge is 2.29. The summed E-state index contributed by atoms with van der Waals surface area (Å²) in [5.74, 6) is -0.551. The minimum absolute atomic E-state index is 0.0371. The van der Waals surface area contributed by atoms with Crippen molar-refractivity contribution in [2.75, 3.05) is 5.32 Å². The largest absolute Gasteiger partial charge is 0.481 e. The number of nitrogens with zero attached hydrogens (tertiary/aromatic N) is 2. The Morgan fingerprint density at radius 2 is 2.17 bits per heavy atom. The van der Waals surface area contributed by atoms with E-state index in [1.54, 1.807) is 6.92 Å². The number of carbonyl (C=O) groups excluding carboxylic acids is 1. The summed E-state index contributed by atoms with van der Waals surface area (Å²) in [6, 6.07) is 0.0874. The summed E-state index contributed by atoms with van der Waals surface area (Å²) >= 11 is 0. The van der Waals surface area contributed by atoms with Gasteiger partial charge >= 0.3 is 12.0 Å². The number of hydrogen-bond acceptors (Lipinski definition) is 5. The zero-order chi connectivity index (χ0) is 13.1. The Morgan fingerprint density at radius 3 is 2.78 bits per heavy atom. The molecule has 0 aliphatic heterocycles. The topological polar surface area (TPSA) is 105 Å². The lowest BCUT2D eigenvalue weighted by molar-refractivity contribution is -0.138. The second kappa shape index (κ2) is 5.16. The predicted octanol–water partition coefficient (Wildman–Crippen LogP) is 1.39. The number of nitrogens with one attached hydrogen (secondary N) is 1. The standard InChI is InChI=1S/C11H15N3O4/c1-6(5-9(16)17)4-8(15)12-11-14-13-10(18-11)7-2-3-7/h6-7H,2-5H2,1H3,(H,16,17)(H,12,14,15). The van der Waals surface area contributed by atoms with Crippen LogP contribution in [0.1, 0.15) is 44.4 Å². The van der Waals surface area contributed by atoms with Gasteiger partial charge in [0.2, 0.25) is 11.8 Å². The van der Waals surface area contributed by atoms with E-state index in [-0.39, 0.29) is 30.7 Å². The van der Waals surface area contributed by atoms with Gasteiger partial charge in [0.05, 0.1) is 0 Å². The Balaban J connectivity index is 1.80. The van der Waals surface area contributed by atoms with Gasteiger partial charge < -0.3 is 9.52 Å². The van der Waals surface area contributed by atoms with Crippen LogP contribution in [-0.4, -0.2) is 27.2 Å². The molecule has 1 saturated carbocycles. The highest BCUT2D eigenvalue weighted by molar-refractivity contribution is 5.88. The number of aromatic nitrogens is 2. The van der Waals surface area contributed by atoms with Crippen LogP contribution in [0, 0.1) is 5.92 Å². The van der Waals surface area contributed by atoms with E-state index in [4.69, 9.17) is 9.52 Å². The maximum absolute atomic E-state index is 11.6. The SMILES string of the molecule is CC(CC(=O)O)CC(=O)Nc1nnc(C2CC2)o1. The van der Waals surface area contributed by atoms with Crippen molar-refractivity contribution in [3.63, 3.8) is 0 Å². The molecule has 18 heavy (non-hydrogen) atoms. The fourth-order valence-corrected chi connectivity index (χ4v) is 1.64. The van der Waals surface area contributed by atoms with Crippen LogP contribution in [0.3, 0.4) is 0 Å². The molecule has 1 aromatic rings. The molecule has 7 heteroatoms. The molecule has 7 nitrogen and oxygen atoms in total. The molecule has 1 heterocycles. The molecule has 1 atom stereocenters. The third-order valence-electron chi connectivity index (χ3n) is 2.67. The van der Waals surface area contributed by atoms with Crippen molar-refractivity contribution in [3.05, 3.63) is 5.89 Å². The molecule has 0 spiro atoms. The van der Waals surface area contributed by atoms with Crippen LogP contribution in [0.4, 0.5) is 6.01 Å². The van der Waals surface area contributed by atoms with E-state index in [0.717, 1.165) is 12.8 Å². The highest BCUT2D eigenvalue weighted by Crippen LogP contribution is 2.39. The van der Waals surface area contributed by atoms with Crippen molar-refractivity contribution in [3.8, 4) is 0 Å². The summed E-state index contributed by atoms with van der Waals surface area (Å²) in [6.45, 7) is 1.71. The Kier molecular flexibility index (Phi) is 3.59. The molecular weight excluding hydrogens is 238 g/mol. The second-order valence-electron chi connectivity index (χ2n) is 4.68. The van der Waals surface area contributed by atoms with Gasteiger partial charge in [-0.05, 0) is 18.8 Å². The molecule has 1 aliphatic carbocycles. The van der Waals surface area contributed by atoms with Gasteiger partial charge in [-0.3, -0.25) is 14.9 Å². The van der Waals surface area contributed by atoms with Gasteiger partial charge in [-0.2, -0.15) is 0 Å². The smallest absolute Gasteiger partial charge is 0.322 e. The molecular formula is C11H15N3O4. The first-order valence-electron chi connectivity index (χ1n) is 5.89.